The molecule has 1 N–H and O–H groups in total. The van der Waals surface area contributed by atoms with Gasteiger partial charge in [-0.3, -0.25) is 4.79 Å². The third-order valence-electron chi connectivity index (χ3n) is 3.89. The zero-order valence-electron chi connectivity index (χ0n) is 12.9. The molecular weight excluding hydrogens is 304 g/mol. The van der Waals surface area contributed by atoms with Crippen LogP contribution in [-0.4, -0.2) is 50.0 Å². The topological polar surface area (TPSA) is 77.9 Å². The quantitative estimate of drug-likeness (QED) is 0.875. The summed E-state index contributed by atoms with van der Waals surface area (Å²) in [5.74, 6) is -0.0352. The van der Waals surface area contributed by atoms with Crippen LogP contribution >= 0.6 is 0 Å². The van der Waals surface area contributed by atoms with Gasteiger partial charge in [0.05, 0.1) is 11.5 Å². The van der Waals surface area contributed by atoms with E-state index in [0.717, 1.165) is 24.1 Å². The Balaban J connectivity index is 2.41. The minimum atomic E-state index is -3.61. The molecule has 0 saturated carbocycles. The van der Waals surface area contributed by atoms with Crippen molar-refractivity contribution in [1.82, 2.24) is 4.31 Å². The van der Waals surface area contributed by atoms with Crippen molar-refractivity contribution in [2.24, 2.45) is 0 Å². The molecule has 1 aliphatic rings. The number of carbonyl (C=O) groups is 1. The summed E-state index contributed by atoms with van der Waals surface area (Å²) < 4.78 is 26.4. The van der Waals surface area contributed by atoms with Crippen molar-refractivity contribution in [3.05, 3.63) is 23.8 Å². The summed E-state index contributed by atoms with van der Waals surface area (Å²) in [7, 11) is -3.61. The lowest BCUT2D eigenvalue weighted by molar-refractivity contribution is -0.116. The number of hydrogen-bond acceptors (Lipinski definition) is 4. The predicted octanol–water partition coefficient (Wildman–Crippen LogP) is 0.989. The number of rotatable bonds is 5. The maximum Gasteiger partial charge on any atom is 0.243 e. The van der Waals surface area contributed by atoms with Crippen molar-refractivity contribution in [2.75, 3.05) is 31.1 Å². The zero-order valence-corrected chi connectivity index (χ0v) is 13.8. The van der Waals surface area contributed by atoms with E-state index in [9.17, 15) is 13.2 Å². The first-order valence-corrected chi connectivity index (χ1v) is 8.88. The summed E-state index contributed by atoms with van der Waals surface area (Å²) in [6.45, 7) is 4.09. The van der Waals surface area contributed by atoms with E-state index in [1.54, 1.807) is 24.0 Å². The second-order valence-corrected chi connectivity index (χ2v) is 7.22. The van der Waals surface area contributed by atoms with Gasteiger partial charge < -0.3 is 10.0 Å². The molecule has 0 fully saturated rings. The molecule has 22 heavy (non-hydrogen) atoms. The minimum Gasteiger partial charge on any atom is -0.395 e. The van der Waals surface area contributed by atoms with Crippen LogP contribution in [0.5, 0.6) is 0 Å². The molecular formula is C15H22N2O4S. The van der Waals surface area contributed by atoms with E-state index in [4.69, 9.17) is 5.11 Å². The number of aryl methyl sites for hydroxylation is 1. The van der Waals surface area contributed by atoms with Gasteiger partial charge in [-0.1, -0.05) is 6.92 Å². The monoisotopic (exact) mass is 326 g/mol. The number of likely N-dealkylation sites (N-methyl/N-ethyl adjacent to an activating group) is 1. The van der Waals surface area contributed by atoms with Crippen molar-refractivity contribution in [2.45, 2.75) is 31.6 Å². The molecule has 0 unspecified atom stereocenters. The molecule has 0 radical (unpaired) electrons. The van der Waals surface area contributed by atoms with Gasteiger partial charge in [-0.05, 0) is 36.6 Å². The Morgan fingerprint density at radius 1 is 1.41 bits per heavy atom. The SMILES string of the molecule is CCN(CCO)S(=O)(=O)c1ccc2c(c1)CCCN2C(C)=O. The summed E-state index contributed by atoms with van der Waals surface area (Å²) >= 11 is 0. The van der Waals surface area contributed by atoms with Gasteiger partial charge in [-0.15, -0.1) is 0 Å². The highest BCUT2D eigenvalue weighted by Gasteiger charge is 2.26. The molecule has 1 aromatic carbocycles. The van der Waals surface area contributed by atoms with Crippen molar-refractivity contribution in [1.29, 1.82) is 0 Å². The van der Waals surface area contributed by atoms with Crippen LogP contribution in [0.25, 0.3) is 0 Å². The normalized spacial score (nSPS) is 15.0. The van der Waals surface area contributed by atoms with Crippen molar-refractivity contribution in [3.8, 4) is 0 Å². The molecule has 1 amide bonds. The Labute approximate surface area is 131 Å². The van der Waals surface area contributed by atoms with Crippen LogP contribution < -0.4 is 4.90 Å². The van der Waals surface area contributed by atoms with E-state index >= 15 is 0 Å². The Bertz CT molecular complexity index is 658. The van der Waals surface area contributed by atoms with Gasteiger partial charge in [0.1, 0.15) is 0 Å². The van der Waals surface area contributed by atoms with E-state index in [1.807, 2.05) is 0 Å². The van der Waals surface area contributed by atoms with Crippen molar-refractivity contribution in [3.63, 3.8) is 0 Å². The standard InChI is InChI=1S/C15H22N2O4S/c1-3-16(9-10-18)22(20,21)14-6-7-15-13(11-14)5-4-8-17(15)12(2)19/h6-7,11,18H,3-5,8-10H2,1-2H3. The third-order valence-corrected chi connectivity index (χ3v) is 5.86. The molecule has 0 aliphatic carbocycles. The third kappa shape index (κ3) is 3.16. The predicted molar refractivity (Wildman–Crippen MR) is 84.3 cm³/mol. The number of sulfonamides is 1. The minimum absolute atomic E-state index is 0.0352. The highest BCUT2D eigenvalue weighted by atomic mass is 32.2. The lowest BCUT2D eigenvalue weighted by Crippen LogP contribution is -2.35. The van der Waals surface area contributed by atoms with Gasteiger partial charge in [0.15, 0.2) is 0 Å². The van der Waals surface area contributed by atoms with E-state index < -0.39 is 10.0 Å². The van der Waals surface area contributed by atoms with Gasteiger partial charge in [0.2, 0.25) is 15.9 Å². The van der Waals surface area contributed by atoms with Crippen LogP contribution in [0.2, 0.25) is 0 Å². The van der Waals surface area contributed by atoms with Gasteiger partial charge in [-0.25, -0.2) is 8.42 Å². The van der Waals surface area contributed by atoms with Crippen LogP contribution in [0.3, 0.4) is 0 Å². The van der Waals surface area contributed by atoms with Gasteiger partial charge in [0, 0.05) is 32.2 Å². The average Bonchev–Trinajstić information content (AvgIpc) is 2.50. The van der Waals surface area contributed by atoms with Gasteiger partial charge in [0.25, 0.3) is 0 Å². The summed E-state index contributed by atoms with van der Waals surface area (Å²) in [6, 6.07) is 4.89. The highest BCUT2D eigenvalue weighted by molar-refractivity contribution is 7.89. The summed E-state index contributed by atoms with van der Waals surface area (Å²) in [4.78, 5) is 13.6. The Kier molecular flexibility index (Phi) is 5.20. The number of benzene rings is 1. The van der Waals surface area contributed by atoms with E-state index in [0.29, 0.717) is 13.1 Å². The fraction of sp³-hybridized carbons (Fsp3) is 0.533. The molecule has 0 saturated heterocycles. The summed E-state index contributed by atoms with van der Waals surface area (Å²) in [5, 5.41) is 9.02. The number of fused-ring (bicyclic) bond motifs is 1. The smallest absolute Gasteiger partial charge is 0.243 e. The van der Waals surface area contributed by atoms with Crippen LogP contribution in [0.15, 0.2) is 23.1 Å². The van der Waals surface area contributed by atoms with Gasteiger partial charge in [-0.2, -0.15) is 4.31 Å². The second kappa shape index (κ2) is 6.76. The van der Waals surface area contributed by atoms with Crippen LogP contribution in [0.4, 0.5) is 5.69 Å². The first kappa shape index (κ1) is 16.9. The molecule has 122 valence electrons. The molecule has 1 aromatic rings. The Morgan fingerprint density at radius 2 is 2.14 bits per heavy atom. The number of carbonyl (C=O) groups excluding carboxylic acids is 1. The van der Waals surface area contributed by atoms with Crippen LogP contribution in [0, 0.1) is 0 Å². The fourth-order valence-corrected chi connectivity index (χ4v) is 4.26. The van der Waals surface area contributed by atoms with Crippen LogP contribution in [-0.2, 0) is 21.2 Å². The van der Waals surface area contributed by atoms with E-state index in [1.165, 1.54) is 17.3 Å². The molecule has 0 spiro atoms. The zero-order chi connectivity index (χ0) is 16.3. The molecule has 0 atom stereocenters. The van der Waals surface area contributed by atoms with Crippen molar-refractivity contribution >= 4 is 21.6 Å². The van der Waals surface area contributed by atoms with E-state index in [2.05, 4.69) is 0 Å². The molecule has 1 heterocycles. The Morgan fingerprint density at radius 3 is 2.73 bits per heavy atom. The number of nitrogens with zero attached hydrogens (tertiary/aromatic N) is 2. The van der Waals surface area contributed by atoms with Crippen molar-refractivity contribution < 1.29 is 18.3 Å². The lowest BCUT2D eigenvalue weighted by Gasteiger charge is -2.29. The molecule has 6 nitrogen and oxygen atoms in total. The second-order valence-electron chi connectivity index (χ2n) is 5.29. The van der Waals surface area contributed by atoms with Crippen LogP contribution in [0.1, 0.15) is 25.8 Å². The molecule has 0 bridgehead atoms. The number of aliphatic hydroxyl groups is 1. The molecule has 2 rings (SSSR count). The average molecular weight is 326 g/mol. The summed E-state index contributed by atoms with van der Waals surface area (Å²) in [5.41, 5.74) is 1.67. The Hall–Kier alpha value is -1.44. The lowest BCUT2D eigenvalue weighted by atomic mass is 10.0. The first-order valence-electron chi connectivity index (χ1n) is 7.43. The highest BCUT2D eigenvalue weighted by Crippen LogP contribution is 2.30. The number of aliphatic hydroxyl groups excluding tert-OH is 1. The number of hydrogen-bond donors (Lipinski definition) is 1. The number of anilines is 1. The maximum atomic E-state index is 12.6. The first-order chi connectivity index (χ1) is 10.4. The summed E-state index contributed by atoms with van der Waals surface area (Å²) in [6.07, 6.45) is 1.58. The largest absolute Gasteiger partial charge is 0.395 e. The van der Waals surface area contributed by atoms with E-state index in [-0.39, 0.29) is 24.0 Å². The molecule has 1 aliphatic heterocycles. The maximum absolute atomic E-state index is 12.6. The number of amides is 1. The molecule has 0 aromatic heterocycles. The van der Waals surface area contributed by atoms with Gasteiger partial charge >= 0.3 is 0 Å². The fourth-order valence-electron chi connectivity index (χ4n) is 2.77. The molecule has 7 heteroatoms.